The lowest BCUT2D eigenvalue weighted by atomic mass is 9.92. The molecule has 0 spiro atoms. The molecule has 2 aliphatic heterocycles. The number of benzene rings is 2. The molecule has 1 fully saturated rings. The zero-order valence-corrected chi connectivity index (χ0v) is 27.0. The van der Waals surface area contributed by atoms with Crippen LogP contribution in [-0.2, 0) is 22.6 Å². The maximum atomic E-state index is 13.9. The highest BCUT2D eigenvalue weighted by Gasteiger charge is 2.27. The fraction of sp³-hybridized carbons (Fsp3) is 0.600. The topological polar surface area (TPSA) is 47.1 Å². The largest absolute Gasteiger partial charge is 0.337 e. The lowest BCUT2D eigenvalue weighted by Crippen LogP contribution is -2.42. The number of hydrogen-bond acceptors (Lipinski definition) is 4. The molecule has 230 valence electrons. The van der Waals surface area contributed by atoms with Gasteiger partial charge < -0.3 is 14.7 Å². The molecule has 4 rings (SSSR count). The SMILES string of the molecule is CC(C)CC(=O)N1CCCN(C(C)C)CCN(C(=O)CC2CCN(CCc3ccccc3)CC2)Cc2ccc(Cl)cc21. The van der Waals surface area contributed by atoms with Crippen LogP contribution in [0.3, 0.4) is 0 Å². The Labute approximate surface area is 259 Å². The first kappa shape index (κ1) is 32.5. The van der Waals surface area contributed by atoms with E-state index in [1.807, 2.05) is 28.0 Å². The molecule has 1 saturated heterocycles. The Kier molecular flexibility index (Phi) is 12.3. The average molecular weight is 595 g/mol. The van der Waals surface area contributed by atoms with Gasteiger partial charge in [-0.1, -0.05) is 61.8 Å². The van der Waals surface area contributed by atoms with Gasteiger partial charge in [-0.15, -0.1) is 0 Å². The van der Waals surface area contributed by atoms with E-state index < -0.39 is 0 Å². The van der Waals surface area contributed by atoms with Gasteiger partial charge in [-0.3, -0.25) is 14.5 Å². The summed E-state index contributed by atoms with van der Waals surface area (Å²) in [6.07, 6.45) is 5.17. The minimum atomic E-state index is 0.126. The van der Waals surface area contributed by atoms with Crippen molar-refractivity contribution >= 4 is 29.1 Å². The predicted octanol–water partition coefficient (Wildman–Crippen LogP) is 6.51. The molecule has 0 bridgehead atoms. The van der Waals surface area contributed by atoms with E-state index in [1.54, 1.807) is 0 Å². The number of rotatable bonds is 8. The van der Waals surface area contributed by atoms with Gasteiger partial charge in [0.1, 0.15) is 0 Å². The van der Waals surface area contributed by atoms with Gasteiger partial charge in [-0.25, -0.2) is 0 Å². The summed E-state index contributed by atoms with van der Waals surface area (Å²) in [5, 5.41) is 0.617. The number of piperidine rings is 1. The van der Waals surface area contributed by atoms with E-state index in [0.29, 0.717) is 49.5 Å². The smallest absolute Gasteiger partial charge is 0.227 e. The molecule has 0 N–H and O–H groups in total. The van der Waals surface area contributed by atoms with Crippen molar-refractivity contribution < 1.29 is 9.59 Å². The summed E-state index contributed by atoms with van der Waals surface area (Å²) in [7, 11) is 0. The lowest BCUT2D eigenvalue weighted by molar-refractivity contribution is -0.133. The highest BCUT2D eigenvalue weighted by Crippen LogP contribution is 2.29. The number of carbonyl (C=O) groups is 2. The fourth-order valence-electron chi connectivity index (χ4n) is 6.29. The highest BCUT2D eigenvalue weighted by atomic mass is 35.5. The lowest BCUT2D eigenvalue weighted by Gasteiger charge is -2.34. The second-order valence-corrected chi connectivity index (χ2v) is 13.4. The number of hydrogen-bond donors (Lipinski definition) is 0. The third kappa shape index (κ3) is 9.55. The van der Waals surface area contributed by atoms with E-state index in [1.165, 1.54) is 5.56 Å². The summed E-state index contributed by atoms with van der Waals surface area (Å²) in [5.74, 6) is 1.04. The number of nitrogens with zero attached hydrogens (tertiary/aromatic N) is 4. The van der Waals surface area contributed by atoms with Crippen molar-refractivity contribution in [2.45, 2.75) is 78.8 Å². The van der Waals surface area contributed by atoms with Crippen LogP contribution >= 0.6 is 11.6 Å². The molecule has 0 aliphatic carbocycles. The Morgan fingerprint density at radius 1 is 0.881 bits per heavy atom. The summed E-state index contributed by atoms with van der Waals surface area (Å²) in [4.78, 5) is 36.3. The Hall–Kier alpha value is -2.41. The van der Waals surface area contributed by atoms with Crippen LogP contribution in [0.5, 0.6) is 0 Å². The number of likely N-dealkylation sites (tertiary alicyclic amines) is 1. The molecular weight excluding hydrogens is 544 g/mol. The monoisotopic (exact) mass is 594 g/mol. The maximum Gasteiger partial charge on any atom is 0.227 e. The molecule has 0 unspecified atom stereocenters. The average Bonchev–Trinajstić information content (AvgIpc) is 2.99. The summed E-state index contributed by atoms with van der Waals surface area (Å²) < 4.78 is 0. The van der Waals surface area contributed by atoms with Crippen LogP contribution in [0.4, 0.5) is 5.69 Å². The maximum absolute atomic E-state index is 13.9. The van der Waals surface area contributed by atoms with Gasteiger partial charge in [0.2, 0.25) is 11.8 Å². The predicted molar refractivity (Wildman–Crippen MR) is 174 cm³/mol. The summed E-state index contributed by atoms with van der Waals surface area (Å²) in [5.41, 5.74) is 3.24. The van der Waals surface area contributed by atoms with Crippen molar-refractivity contribution in [2.75, 3.05) is 50.7 Å². The van der Waals surface area contributed by atoms with Crippen LogP contribution in [0, 0.1) is 11.8 Å². The summed E-state index contributed by atoms with van der Waals surface area (Å²) >= 11 is 6.48. The second-order valence-electron chi connectivity index (χ2n) is 12.9. The van der Waals surface area contributed by atoms with Crippen LogP contribution in [0.2, 0.25) is 5.02 Å². The molecule has 6 nitrogen and oxygen atoms in total. The summed E-state index contributed by atoms with van der Waals surface area (Å²) in [6, 6.07) is 16.9. The third-order valence-corrected chi connectivity index (χ3v) is 9.12. The van der Waals surface area contributed by atoms with Crippen molar-refractivity contribution in [2.24, 2.45) is 11.8 Å². The number of carbonyl (C=O) groups excluding carboxylic acids is 2. The van der Waals surface area contributed by atoms with E-state index in [9.17, 15) is 9.59 Å². The van der Waals surface area contributed by atoms with Crippen molar-refractivity contribution in [3.8, 4) is 0 Å². The molecule has 0 radical (unpaired) electrons. The van der Waals surface area contributed by atoms with Crippen LogP contribution in [0.15, 0.2) is 48.5 Å². The minimum Gasteiger partial charge on any atom is -0.337 e. The normalized spacial score (nSPS) is 18.3. The minimum absolute atomic E-state index is 0.126. The Bertz CT molecular complexity index is 1150. The standard InChI is InChI=1S/C35H51ClN4O2/c1-27(2)23-35(42)40-17-8-16-38(28(3)4)21-22-39(26-31-11-12-32(36)25-33(31)40)34(41)24-30-14-19-37(20-15-30)18-13-29-9-6-5-7-10-29/h5-7,9-12,25,27-28,30H,8,13-24,26H2,1-4H3. The number of halogens is 1. The van der Waals surface area contributed by atoms with E-state index >= 15 is 0 Å². The van der Waals surface area contributed by atoms with Crippen LogP contribution in [-0.4, -0.2) is 78.4 Å². The molecule has 2 aromatic carbocycles. The third-order valence-electron chi connectivity index (χ3n) is 8.88. The van der Waals surface area contributed by atoms with Gasteiger partial charge in [0.25, 0.3) is 0 Å². The van der Waals surface area contributed by atoms with Crippen LogP contribution in [0.25, 0.3) is 0 Å². The molecule has 7 heteroatoms. The zero-order chi connectivity index (χ0) is 30.1. The molecule has 2 amide bonds. The number of amides is 2. The van der Waals surface area contributed by atoms with Crippen molar-refractivity contribution in [3.63, 3.8) is 0 Å². The highest BCUT2D eigenvalue weighted by molar-refractivity contribution is 6.31. The molecule has 0 aromatic heterocycles. The second kappa shape index (κ2) is 15.9. The van der Waals surface area contributed by atoms with Gasteiger partial charge in [-0.2, -0.15) is 0 Å². The molecule has 2 aromatic rings. The summed E-state index contributed by atoms with van der Waals surface area (Å²) in [6.45, 7) is 15.4. The molecule has 0 atom stereocenters. The zero-order valence-electron chi connectivity index (χ0n) is 26.2. The molecule has 2 aliphatic rings. The van der Waals surface area contributed by atoms with Gasteiger partial charge in [0, 0.05) is 63.2 Å². The van der Waals surface area contributed by atoms with Gasteiger partial charge in [0.15, 0.2) is 0 Å². The van der Waals surface area contributed by atoms with Crippen LogP contribution < -0.4 is 4.90 Å². The van der Waals surface area contributed by atoms with E-state index in [2.05, 4.69) is 67.8 Å². The number of fused-ring (bicyclic) bond motifs is 1. The number of anilines is 1. The first-order valence-corrected chi connectivity index (χ1v) is 16.4. The Morgan fingerprint density at radius 2 is 1.62 bits per heavy atom. The first-order valence-electron chi connectivity index (χ1n) is 16.1. The Balaban J connectivity index is 1.46. The van der Waals surface area contributed by atoms with E-state index in [4.69, 9.17) is 11.6 Å². The molecule has 2 heterocycles. The molecular formula is C35H51ClN4O2. The molecule has 42 heavy (non-hydrogen) atoms. The fourth-order valence-corrected chi connectivity index (χ4v) is 6.46. The van der Waals surface area contributed by atoms with E-state index in [-0.39, 0.29) is 17.7 Å². The van der Waals surface area contributed by atoms with Crippen LogP contribution in [0.1, 0.15) is 70.9 Å². The van der Waals surface area contributed by atoms with Gasteiger partial charge in [0.05, 0.1) is 5.69 Å². The quantitative estimate of drug-likeness (QED) is 0.350. The van der Waals surface area contributed by atoms with Gasteiger partial charge in [-0.05, 0) is 87.7 Å². The van der Waals surface area contributed by atoms with Gasteiger partial charge >= 0.3 is 0 Å². The van der Waals surface area contributed by atoms with Crippen molar-refractivity contribution in [3.05, 3.63) is 64.7 Å². The van der Waals surface area contributed by atoms with Crippen molar-refractivity contribution in [1.29, 1.82) is 0 Å². The Morgan fingerprint density at radius 3 is 2.31 bits per heavy atom. The van der Waals surface area contributed by atoms with Crippen molar-refractivity contribution in [1.82, 2.24) is 14.7 Å². The van der Waals surface area contributed by atoms with E-state index in [0.717, 1.165) is 69.7 Å². The first-order chi connectivity index (χ1) is 20.2. The molecule has 0 saturated carbocycles.